The van der Waals surface area contributed by atoms with Gasteiger partial charge in [0.15, 0.2) is 0 Å². The molecule has 0 amide bonds. The van der Waals surface area contributed by atoms with Crippen molar-refractivity contribution in [1.82, 2.24) is 0 Å². The molecule has 0 N–H and O–H groups in total. The van der Waals surface area contributed by atoms with Crippen LogP contribution in [0, 0.1) is 12.8 Å². The second-order valence-corrected chi connectivity index (χ2v) is 4.19. The van der Waals surface area contributed by atoms with Crippen LogP contribution in [0.4, 0.5) is 0 Å². The Balaban J connectivity index is 3.27. The lowest BCUT2D eigenvalue weighted by atomic mass is 10.1. The van der Waals surface area contributed by atoms with Crippen molar-refractivity contribution in [3.63, 3.8) is 0 Å². The van der Waals surface area contributed by atoms with Gasteiger partial charge in [0.2, 0.25) is 0 Å². The lowest BCUT2D eigenvalue weighted by Crippen LogP contribution is -2.07. The highest BCUT2D eigenvalue weighted by atomic mass is 16.5. The van der Waals surface area contributed by atoms with Crippen LogP contribution in [0.3, 0.4) is 0 Å². The fraction of sp³-hybridized carbons (Fsp3) is 0.462. The zero-order chi connectivity index (χ0) is 12.3. The average Bonchev–Trinajstić information content (AvgIpc) is 2.20. The molecule has 0 radical (unpaired) electrons. The summed E-state index contributed by atoms with van der Waals surface area (Å²) < 4.78 is 10.3. The van der Waals surface area contributed by atoms with Crippen molar-refractivity contribution in [2.45, 2.75) is 27.7 Å². The minimum absolute atomic E-state index is 0.342. The van der Waals surface area contributed by atoms with Gasteiger partial charge in [-0.15, -0.1) is 0 Å². The van der Waals surface area contributed by atoms with Gasteiger partial charge in [-0.2, -0.15) is 0 Å². The van der Waals surface area contributed by atoms with E-state index in [0.29, 0.717) is 23.0 Å². The molecule has 3 heteroatoms. The molecule has 0 atom stereocenters. The first kappa shape index (κ1) is 12.6. The summed E-state index contributed by atoms with van der Waals surface area (Å²) in [4.78, 5) is 11.5. The summed E-state index contributed by atoms with van der Waals surface area (Å²) in [6.45, 7) is 7.77. The largest absolute Gasteiger partial charge is 0.496 e. The molecular weight excluding hydrogens is 204 g/mol. The van der Waals surface area contributed by atoms with Crippen LogP contribution in [0.15, 0.2) is 21.4 Å². The standard InChI is InChI=1S/C13H18O3/c1-8(2)6-9(3)11-7-12(15-5)10(4)13(14)16-11/h6-8H,1-5H3/b9-6+. The first-order chi connectivity index (χ1) is 7.45. The normalized spacial score (nSPS) is 12.0. The molecule has 1 aromatic heterocycles. The van der Waals surface area contributed by atoms with Crippen molar-refractivity contribution in [1.29, 1.82) is 0 Å². The van der Waals surface area contributed by atoms with Crippen LogP contribution in [0.1, 0.15) is 32.1 Å². The zero-order valence-electron chi connectivity index (χ0n) is 10.5. The van der Waals surface area contributed by atoms with Crippen molar-refractivity contribution in [3.8, 4) is 5.75 Å². The van der Waals surface area contributed by atoms with Gasteiger partial charge in [-0.25, -0.2) is 4.79 Å². The Hall–Kier alpha value is -1.51. The van der Waals surface area contributed by atoms with Gasteiger partial charge in [-0.05, 0) is 25.3 Å². The van der Waals surface area contributed by atoms with E-state index in [1.165, 1.54) is 0 Å². The molecule has 0 aliphatic rings. The van der Waals surface area contributed by atoms with Crippen LogP contribution in [0.2, 0.25) is 0 Å². The van der Waals surface area contributed by atoms with Gasteiger partial charge < -0.3 is 9.15 Å². The molecule has 0 unspecified atom stereocenters. The highest BCUT2D eigenvalue weighted by molar-refractivity contribution is 5.60. The van der Waals surface area contributed by atoms with Gasteiger partial charge in [0.25, 0.3) is 0 Å². The van der Waals surface area contributed by atoms with Crippen LogP contribution >= 0.6 is 0 Å². The van der Waals surface area contributed by atoms with Gasteiger partial charge in [0, 0.05) is 6.07 Å². The molecule has 1 aromatic rings. The van der Waals surface area contributed by atoms with E-state index in [1.54, 1.807) is 20.1 Å². The fourth-order valence-corrected chi connectivity index (χ4v) is 1.52. The van der Waals surface area contributed by atoms with Crippen molar-refractivity contribution in [3.05, 3.63) is 33.9 Å². The Labute approximate surface area is 95.7 Å². The van der Waals surface area contributed by atoms with Crippen LogP contribution in [0.5, 0.6) is 5.75 Å². The summed E-state index contributed by atoms with van der Waals surface area (Å²) in [7, 11) is 1.55. The Morgan fingerprint density at radius 3 is 2.62 bits per heavy atom. The summed E-state index contributed by atoms with van der Waals surface area (Å²) in [5.74, 6) is 1.56. The number of ether oxygens (including phenoxy) is 1. The maximum absolute atomic E-state index is 11.5. The van der Waals surface area contributed by atoms with Crippen molar-refractivity contribution in [2.75, 3.05) is 7.11 Å². The molecule has 88 valence electrons. The quantitative estimate of drug-likeness (QED) is 0.789. The van der Waals surface area contributed by atoms with E-state index in [1.807, 2.05) is 13.0 Å². The zero-order valence-corrected chi connectivity index (χ0v) is 10.5. The molecule has 1 heterocycles. The molecule has 0 saturated carbocycles. The fourth-order valence-electron chi connectivity index (χ4n) is 1.52. The molecule has 0 fully saturated rings. The van der Waals surface area contributed by atoms with Gasteiger partial charge in [-0.1, -0.05) is 19.9 Å². The predicted octanol–water partition coefficient (Wildman–Crippen LogP) is 3.02. The number of allylic oxidation sites excluding steroid dienone is 2. The molecule has 3 nitrogen and oxygen atoms in total. The van der Waals surface area contributed by atoms with Crippen LogP contribution in [0.25, 0.3) is 5.57 Å². The lowest BCUT2D eigenvalue weighted by molar-refractivity contribution is 0.394. The van der Waals surface area contributed by atoms with E-state index in [-0.39, 0.29) is 5.63 Å². The monoisotopic (exact) mass is 222 g/mol. The topological polar surface area (TPSA) is 39.4 Å². The third-order valence-corrected chi connectivity index (χ3v) is 2.33. The summed E-state index contributed by atoms with van der Waals surface area (Å²) in [6, 6.07) is 1.75. The van der Waals surface area contributed by atoms with Crippen LogP contribution < -0.4 is 10.4 Å². The average molecular weight is 222 g/mol. The Kier molecular flexibility index (Phi) is 3.93. The lowest BCUT2D eigenvalue weighted by Gasteiger charge is -2.07. The molecular formula is C13H18O3. The summed E-state index contributed by atoms with van der Waals surface area (Å²) in [5.41, 5.74) is 1.11. The van der Waals surface area contributed by atoms with Gasteiger partial charge >= 0.3 is 5.63 Å². The minimum atomic E-state index is -0.342. The molecule has 1 rings (SSSR count). The molecule has 0 aromatic carbocycles. The highest BCUT2D eigenvalue weighted by Crippen LogP contribution is 2.21. The van der Waals surface area contributed by atoms with E-state index in [9.17, 15) is 4.79 Å². The maximum atomic E-state index is 11.5. The summed E-state index contributed by atoms with van der Waals surface area (Å²) in [6.07, 6.45) is 2.05. The Morgan fingerprint density at radius 2 is 2.12 bits per heavy atom. The SMILES string of the molecule is COc1cc(/C(C)=C/C(C)C)oc(=O)c1C. The van der Waals surface area contributed by atoms with Crippen molar-refractivity contribution < 1.29 is 9.15 Å². The van der Waals surface area contributed by atoms with E-state index < -0.39 is 0 Å². The maximum Gasteiger partial charge on any atom is 0.342 e. The highest BCUT2D eigenvalue weighted by Gasteiger charge is 2.09. The number of hydrogen-bond donors (Lipinski definition) is 0. The Morgan fingerprint density at radius 1 is 1.50 bits per heavy atom. The van der Waals surface area contributed by atoms with Crippen LogP contribution in [-0.4, -0.2) is 7.11 Å². The van der Waals surface area contributed by atoms with Gasteiger partial charge in [0.05, 0.1) is 12.7 Å². The van der Waals surface area contributed by atoms with Crippen molar-refractivity contribution in [2.24, 2.45) is 5.92 Å². The number of rotatable bonds is 3. The first-order valence-electron chi connectivity index (χ1n) is 5.33. The molecule has 0 bridgehead atoms. The van der Waals surface area contributed by atoms with Crippen LogP contribution in [-0.2, 0) is 0 Å². The van der Waals surface area contributed by atoms with E-state index in [2.05, 4.69) is 13.8 Å². The number of hydrogen-bond acceptors (Lipinski definition) is 3. The van der Waals surface area contributed by atoms with Gasteiger partial charge in [0.1, 0.15) is 11.5 Å². The molecule has 0 saturated heterocycles. The first-order valence-corrected chi connectivity index (χ1v) is 5.33. The molecule has 0 spiro atoms. The molecule has 0 aliphatic carbocycles. The second-order valence-electron chi connectivity index (χ2n) is 4.19. The predicted molar refractivity (Wildman–Crippen MR) is 64.8 cm³/mol. The van der Waals surface area contributed by atoms with E-state index in [0.717, 1.165) is 5.57 Å². The smallest absolute Gasteiger partial charge is 0.342 e. The van der Waals surface area contributed by atoms with E-state index >= 15 is 0 Å². The third kappa shape index (κ3) is 2.75. The summed E-state index contributed by atoms with van der Waals surface area (Å²) >= 11 is 0. The minimum Gasteiger partial charge on any atom is -0.496 e. The van der Waals surface area contributed by atoms with Crippen molar-refractivity contribution >= 4 is 5.57 Å². The van der Waals surface area contributed by atoms with Gasteiger partial charge in [-0.3, -0.25) is 0 Å². The third-order valence-electron chi connectivity index (χ3n) is 2.33. The second kappa shape index (κ2) is 5.01. The number of methoxy groups -OCH3 is 1. The Bertz CT molecular complexity index is 453. The summed E-state index contributed by atoms with van der Waals surface area (Å²) in [5, 5.41) is 0. The molecule has 16 heavy (non-hydrogen) atoms. The van der Waals surface area contributed by atoms with E-state index in [4.69, 9.17) is 9.15 Å². The molecule has 0 aliphatic heterocycles.